The number of nitrogens with one attached hydrogen (secondary N) is 1. The summed E-state index contributed by atoms with van der Waals surface area (Å²) in [6, 6.07) is 0.965. The van der Waals surface area contributed by atoms with Gasteiger partial charge < -0.3 is 20.1 Å². The molecule has 0 spiro atoms. The number of aliphatic hydroxyl groups is 1. The van der Waals surface area contributed by atoms with Crippen molar-refractivity contribution in [2.75, 3.05) is 18.0 Å². The highest BCUT2D eigenvalue weighted by molar-refractivity contribution is 6.38. The number of hydrogen-bond donors (Lipinski definition) is 3. The fraction of sp³-hybridized carbons (Fsp3) is 0.231. The highest BCUT2D eigenvalue weighted by atomic mass is 35.5. The zero-order chi connectivity index (χ0) is 15.3. The summed E-state index contributed by atoms with van der Waals surface area (Å²) in [6.45, 7) is 0.499. The molecule has 0 unspecified atom stereocenters. The number of pyridine rings is 1. The van der Waals surface area contributed by atoms with E-state index in [2.05, 4.69) is 4.98 Å². The summed E-state index contributed by atoms with van der Waals surface area (Å²) >= 11 is 6.13. The van der Waals surface area contributed by atoms with Crippen LogP contribution in [0.5, 0.6) is 0 Å². The number of halogens is 2. The number of rotatable bonds is 2. The van der Waals surface area contributed by atoms with E-state index >= 15 is 0 Å². The van der Waals surface area contributed by atoms with Crippen LogP contribution in [0.15, 0.2) is 17.1 Å². The van der Waals surface area contributed by atoms with Gasteiger partial charge in [0.05, 0.1) is 27.7 Å². The van der Waals surface area contributed by atoms with Crippen LogP contribution >= 0.6 is 11.6 Å². The minimum Gasteiger partial charge on any atom is -0.477 e. The molecule has 2 aromatic rings. The lowest BCUT2D eigenvalue weighted by molar-refractivity contribution is 0.0695. The number of β-amino-alcohol motifs (C(OH)–C–C–N with tert-alkyl or cyclic N) is 1. The van der Waals surface area contributed by atoms with Gasteiger partial charge in [0, 0.05) is 19.3 Å². The molecule has 1 saturated heterocycles. The van der Waals surface area contributed by atoms with Crippen LogP contribution in [-0.2, 0) is 0 Å². The maximum absolute atomic E-state index is 14.2. The Morgan fingerprint density at radius 3 is 2.71 bits per heavy atom. The monoisotopic (exact) mass is 312 g/mol. The molecule has 0 radical (unpaired) electrons. The second kappa shape index (κ2) is 4.71. The smallest absolute Gasteiger partial charge is 0.341 e. The lowest BCUT2D eigenvalue weighted by atomic mass is 10.1. The quantitative estimate of drug-likeness (QED) is 0.774. The summed E-state index contributed by atoms with van der Waals surface area (Å²) in [6.07, 6.45) is 0.496. The number of carboxylic acids is 1. The molecule has 1 aliphatic heterocycles. The maximum Gasteiger partial charge on any atom is 0.341 e. The first-order valence-electron chi connectivity index (χ1n) is 6.10. The number of H-pyrrole nitrogens is 1. The fourth-order valence-corrected chi connectivity index (χ4v) is 2.74. The van der Waals surface area contributed by atoms with Crippen molar-refractivity contribution >= 4 is 34.2 Å². The van der Waals surface area contributed by atoms with Crippen LogP contribution in [0.4, 0.5) is 10.1 Å². The first-order chi connectivity index (χ1) is 9.90. The van der Waals surface area contributed by atoms with Crippen molar-refractivity contribution in [3.05, 3.63) is 38.9 Å². The van der Waals surface area contributed by atoms with Gasteiger partial charge in [0.1, 0.15) is 11.4 Å². The van der Waals surface area contributed by atoms with Gasteiger partial charge in [-0.05, 0) is 6.07 Å². The molecule has 3 rings (SSSR count). The molecule has 0 aliphatic carbocycles. The van der Waals surface area contributed by atoms with Gasteiger partial charge in [0.15, 0.2) is 0 Å². The van der Waals surface area contributed by atoms with Crippen LogP contribution in [0.25, 0.3) is 10.9 Å². The van der Waals surface area contributed by atoms with Gasteiger partial charge in [-0.2, -0.15) is 0 Å². The zero-order valence-corrected chi connectivity index (χ0v) is 11.3. The molecule has 6 nitrogen and oxygen atoms in total. The molecule has 1 aromatic carbocycles. The largest absolute Gasteiger partial charge is 0.477 e. The van der Waals surface area contributed by atoms with Crippen LogP contribution in [0.1, 0.15) is 10.4 Å². The Kier molecular flexibility index (Phi) is 3.11. The van der Waals surface area contributed by atoms with Crippen molar-refractivity contribution < 1.29 is 19.4 Å². The second-order valence-electron chi connectivity index (χ2n) is 4.84. The van der Waals surface area contributed by atoms with Crippen LogP contribution in [0.2, 0.25) is 5.02 Å². The Hall–Kier alpha value is -2.12. The van der Waals surface area contributed by atoms with Crippen molar-refractivity contribution in [3.8, 4) is 0 Å². The summed E-state index contributed by atoms with van der Waals surface area (Å²) in [4.78, 5) is 27.1. The van der Waals surface area contributed by atoms with E-state index in [0.29, 0.717) is 0 Å². The molecule has 0 saturated carbocycles. The summed E-state index contributed by atoms with van der Waals surface area (Å²) in [5.41, 5.74) is -1.02. The van der Waals surface area contributed by atoms with Gasteiger partial charge >= 0.3 is 5.97 Å². The third-order valence-electron chi connectivity index (χ3n) is 3.45. The van der Waals surface area contributed by atoms with E-state index in [-0.39, 0.29) is 34.7 Å². The Morgan fingerprint density at radius 2 is 2.14 bits per heavy atom. The van der Waals surface area contributed by atoms with E-state index < -0.39 is 28.9 Å². The first-order valence-corrected chi connectivity index (χ1v) is 6.47. The molecule has 1 fully saturated rings. The predicted molar refractivity (Wildman–Crippen MR) is 74.7 cm³/mol. The Labute approximate surface area is 122 Å². The number of nitrogens with zero attached hydrogens (tertiary/aromatic N) is 1. The number of hydrogen-bond acceptors (Lipinski definition) is 4. The lowest BCUT2D eigenvalue weighted by Gasteiger charge is -2.38. The Morgan fingerprint density at radius 1 is 1.48 bits per heavy atom. The van der Waals surface area contributed by atoms with E-state index in [1.165, 1.54) is 0 Å². The third-order valence-corrected chi connectivity index (χ3v) is 3.82. The molecule has 21 heavy (non-hydrogen) atoms. The van der Waals surface area contributed by atoms with Gasteiger partial charge in [0.25, 0.3) is 0 Å². The van der Waals surface area contributed by atoms with Gasteiger partial charge in [-0.1, -0.05) is 11.6 Å². The minimum absolute atomic E-state index is 0.00839. The number of aromatic carboxylic acids is 1. The topological polar surface area (TPSA) is 93.6 Å². The number of benzene rings is 1. The lowest BCUT2D eigenvalue weighted by Crippen LogP contribution is -2.51. The average Bonchev–Trinajstić information content (AvgIpc) is 2.37. The van der Waals surface area contributed by atoms with Crippen LogP contribution < -0.4 is 10.3 Å². The van der Waals surface area contributed by atoms with Gasteiger partial charge in [-0.25, -0.2) is 9.18 Å². The predicted octanol–water partition coefficient (Wildman–Crippen LogP) is 1.20. The van der Waals surface area contributed by atoms with Crippen molar-refractivity contribution in [3.63, 3.8) is 0 Å². The molecule has 8 heteroatoms. The summed E-state index contributed by atoms with van der Waals surface area (Å²) < 4.78 is 14.2. The van der Waals surface area contributed by atoms with Crippen molar-refractivity contribution in [2.24, 2.45) is 0 Å². The number of carbonyl (C=O) groups is 1. The fourth-order valence-electron chi connectivity index (χ4n) is 2.37. The second-order valence-corrected chi connectivity index (χ2v) is 5.22. The van der Waals surface area contributed by atoms with Crippen molar-refractivity contribution in [2.45, 2.75) is 6.10 Å². The zero-order valence-electron chi connectivity index (χ0n) is 10.6. The van der Waals surface area contributed by atoms with Crippen molar-refractivity contribution in [1.82, 2.24) is 4.98 Å². The molecule has 0 atom stereocenters. The van der Waals surface area contributed by atoms with Gasteiger partial charge in [-0.3, -0.25) is 4.79 Å². The molecule has 1 aliphatic rings. The van der Waals surface area contributed by atoms with Crippen LogP contribution in [0.3, 0.4) is 0 Å². The number of aromatic amines is 1. The van der Waals surface area contributed by atoms with E-state index in [1.54, 1.807) is 4.90 Å². The standard InChI is InChI=1S/C13H10ClFN2O4/c14-9-10-6(12(19)7(2-16-10)13(20)21)1-8(15)11(9)17-3-5(18)4-17/h1-2,5,18H,3-4H2,(H,16,19)(H,20,21). The van der Waals surface area contributed by atoms with E-state index in [9.17, 15) is 19.1 Å². The molecule has 110 valence electrons. The highest BCUT2D eigenvalue weighted by Crippen LogP contribution is 2.36. The maximum atomic E-state index is 14.2. The van der Waals surface area contributed by atoms with E-state index in [4.69, 9.17) is 16.7 Å². The molecular weight excluding hydrogens is 303 g/mol. The minimum atomic E-state index is -1.40. The van der Waals surface area contributed by atoms with Crippen molar-refractivity contribution in [1.29, 1.82) is 0 Å². The SMILES string of the molecule is O=C(O)c1c[nH]c2c(Cl)c(N3CC(O)C3)c(F)cc2c1=O. The number of aliphatic hydroxyl groups excluding tert-OH is 1. The Bertz CT molecular complexity index is 814. The molecular formula is C13H10ClFN2O4. The summed E-state index contributed by atoms with van der Waals surface area (Å²) in [5.74, 6) is -2.13. The number of carboxylic acid groups (broad SMARTS) is 1. The number of aromatic nitrogens is 1. The highest BCUT2D eigenvalue weighted by Gasteiger charge is 2.30. The van der Waals surface area contributed by atoms with Crippen LogP contribution in [0, 0.1) is 5.82 Å². The number of anilines is 1. The first kappa shape index (κ1) is 13.8. The molecule has 0 amide bonds. The number of fused-ring (bicyclic) bond motifs is 1. The normalized spacial score (nSPS) is 15.3. The van der Waals surface area contributed by atoms with Crippen LogP contribution in [-0.4, -0.2) is 40.4 Å². The summed E-state index contributed by atoms with van der Waals surface area (Å²) in [5, 5.41) is 18.1. The van der Waals surface area contributed by atoms with Gasteiger partial charge in [0.2, 0.25) is 5.43 Å². The molecule has 2 heterocycles. The third kappa shape index (κ3) is 2.05. The van der Waals surface area contributed by atoms with Gasteiger partial charge in [-0.15, -0.1) is 0 Å². The van der Waals surface area contributed by atoms with E-state index in [0.717, 1.165) is 12.3 Å². The van der Waals surface area contributed by atoms with E-state index in [1.807, 2.05) is 0 Å². The summed E-state index contributed by atoms with van der Waals surface area (Å²) in [7, 11) is 0. The molecule has 3 N–H and O–H groups in total. The Balaban J connectivity index is 2.25. The average molecular weight is 313 g/mol. The molecule has 0 bridgehead atoms. The molecule has 1 aromatic heterocycles.